The van der Waals surface area contributed by atoms with E-state index in [-0.39, 0.29) is 16.7 Å². The average molecular weight is 433 g/mol. The zero-order chi connectivity index (χ0) is 22.0. The summed E-state index contributed by atoms with van der Waals surface area (Å²) < 4.78 is 34.7. The quantitative estimate of drug-likeness (QED) is 0.278. The number of allylic oxidation sites excluding steroid dienone is 2. The molecule has 30 heavy (non-hydrogen) atoms. The molecule has 3 rings (SSSR count). The highest BCUT2D eigenvalue weighted by molar-refractivity contribution is 7.86. The summed E-state index contributed by atoms with van der Waals surface area (Å²) >= 11 is 0. The molecule has 4 heteroatoms. The van der Waals surface area contributed by atoms with E-state index in [2.05, 4.69) is 45.9 Å². The van der Waals surface area contributed by atoms with Gasteiger partial charge in [-0.2, -0.15) is 8.42 Å². The number of unbranched alkanes of at least 4 members (excludes halogenated alkanes) is 1. The summed E-state index contributed by atoms with van der Waals surface area (Å²) in [6, 6.07) is 10.3. The number of hydrogen-bond donors (Lipinski definition) is 1. The van der Waals surface area contributed by atoms with Crippen molar-refractivity contribution in [2.45, 2.75) is 90.7 Å². The highest BCUT2D eigenvalue weighted by Crippen LogP contribution is 2.60. The highest BCUT2D eigenvalue weighted by atomic mass is 32.2. The van der Waals surface area contributed by atoms with Crippen LogP contribution in [0.5, 0.6) is 0 Å². The zero-order valence-electron chi connectivity index (χ0n) is 19.2. The Morgan fingerprint density at radius 2 is 1.80 bits per heavy atom. The van der Waals surface area contributed by atoms with Gasteiger partial charge in [-0.25, -0.2) is 0 Å². The van der Waals surface area contributed by atoms with E-state index in [0.717, 1.165) is 32.1 Å². The van der Waals surface area contributed by atoms with Gasteiger partial charge in [0.2, 0.25) is 0 Å². The molecule has 1 aromatic carbocycles. The van der Waals surface area contributed by atoms with E-state index >= 15 is 0 Å². The second-order valence-electron chi connectivity index (χ2n) is 10.7. The van der Waals surface area contributed by atoms with Crippen molar-refractivity contribution < 1.29 is 13.0 Å². The van der Waals surface area contributed by atoms with Gasteiger partial charge < -0.3 is 0 Å². The summed E-state index contributed by atoms with van der Waals surface area (Å²) in [5, 5.41) is -0.665. The van der Waals surface area contributed by atoms with Gasteiger partial charge in [0.05, 0.1) is 5.25 Å². The standard InChI is InChI=1S/C26H40O3S/c1-20-15-16-24-25(2,3)17-10-18-26(24,4)23(20)19-22(30(27,28)29)14-9-8-13-21-11-6-5-7-12-21/h5-7,11-12,15,22-24H,8-10,13-14,16-19H2,1-4H3,(H,27,28,29)/t22?,23-,24-,26+/m0/s1. The zero-order valence-corrected chi connectivity index (χ0v) is 20.0. The molecule has 1 N–H and O–H groups in total. The molecule has 4 atom stereocenters. The monoisotopic (exact) mass is 432 g/mol. The molecule has 0 aromatic heterocycles. The van der Waals surface area contributed by atoms with Crippen molar-refractivity contribution in [2.75, 3.05) is 0 Å². The molecule has 0 saturated heterocycles. The molecule has 0 bridgehead atoms. The maximum atomic E-state index is 12.3. The molecule has 1 saturated carbocycles. The van der Waals surface area contributed by atoms with Crippen LogP contribution in [0.3, 0.4) is 0 Å². The van der Waals surface area contributed by atoms with Gasteiger partial charge in [-0.1, -0.05) is 75.6 Å². The van der Waals surface area contributed by atoms with Gasteiger partial charge in [-0.3, -0.25) is 4.55 Å². The summed E-state index contributed by atoms with van der Waals surface area (Å²) in [7, 11) is -4.05. The average Bonchev–Trinajstić information content (AvgIpc) is 2.65. The smallest absolute Gasteiger partial charge is 0.267 e. The Bertz CT molecular complexity index is 840. The van der Waals surface area contributed by atoms with Crippen molar-refractivity contribution >= 4 is 10.1 Å². The molecule has 0 radical (unpaired) electrons. The number of hydrogen-bond acceptors (Lipinski definition) is 2. The predicted octanol–water partition coefficient (Wildman–Crippen LogP) is 6.84. The van der Waals surface area contributed by atoms with Crippen LogP contribution in [-0.4, -0.2) is 18.2 Å². The van der Waals surface area contributed by atoms with Gasteiger partial charge in [0, 0.05) is 0 Å². The molecule has 168 valence electrons. The molecule has 0 heterocycles. The van der Waals surface area contributed by atoms with E-state index in [1.165, 1.54) is 24.0 Å². The largest absolute Gasteiger partial charge is 0.285 e. The van der Waals surface area contributed by atoms with Gasteiger partial charge >= 0.3 is 0 Å². The van der Waals surface area contributed by atoms with Crippen LogP contribution < -0.4 is 0 Å². The molecule has 1 unspecified atom stereocenters. The number of rotatable bonds is 8. The first-order valence-corrected chi connectivity index (χ1v) is 13.2. The van der Waals surface area contributed by atoms with Crippen LogP contribution >= 0.6 is 0 Å². The Labute approximate surface area is 184 Å². The first-order valence-electron chi connectivity index (χ1n) is 11.7. The van der Waals surface area contributed by atoms with Gasteiger partial charge in [-0.15, -0.1) is 0 Å². The Hall–Kier alpha value is -1.13. The summed E-state index contributed by atoms with van der Waals surface area (Å²) in [6.07, 6.45) is 10.9. The summed E-state index contributed by atoms with van der Waals surface area (Å²) in [4.78, 5) is 0. The van der Waals surface area contributed by atoms with Crippen LogP contribution in [0.4, 0.5) is 0 Å². The molecule has 3 nitrogen and oxygen atoms in total. The van der Waals surface area contributed by atoms with Crippen molar-refractivity contribution in [3.05, 3.63) is 47.5 Å². The first-order chi connectivity index (χ1) is 14.0. The lowest BCUT2D eigenvalue weighted by atomic mass is 9.48. The van der Waals surface area contributed by atoms with Crippen LogP contribution in [-0.2, 0) is 16.5 Å². The van der Waals surface area contributed by atoms with Gasteiger partial charge in [-0.05, 0) is 80.1 Å². The van der Waals surface area contributed by atoms with Crippen molar-refractivity contribution in [3.63, 3.8) is 0 Å². The van der Waals surface area contributed by atoms with Crippen LogP contribution in [0.25, 0.3) is 0 Å². The minimum absolute atomic E-state index is 0.119. The summed E-state index contributed by atoms with van der Waals surface area (Å²) in [5.74, 6) is 0.810. The topological polar surface area (TPSA) is 54.4 Å². The fraction of sp³-hybridized carbons (Fsp3) is 0.692. The fourth-order valence-electron chi connectivity index (χ4n) is 6.59. The minimum atomic E-state index is -4.05. The van der Waals surface area contributed by atoms with Crippen LogP contribution in [0, 0.1) is 22.7 Å². The summed E-state index contributed by atoms with van der Waals surface area (Å²) in [6.45, 7) is 9.31. The number of aryl methyl sites for hydroxylation is 1. The molecule has 2 aliphatic carbocycles. The van der Waals surface area contributed by atoms with Crippen molar-refractivity contribution in [1.82, 2.24) is 0 Å². The Balaban J connectivity index is 1.70. The molecule has 1 aromatic rings. The molecular formula is C26H40O3S. The van der Waals surface area contributed by atoms with Crippen LogP contribution in [0.2, 0.25) is 0 Å². The molecule has 2 aliphatic rings. The maximum absolute atomic E-state index is 12.3. The normalized spacial score (nSPS) is 29.7. The van der Waals surface area contributed by atoms with Crippen molar-refractivity contribution in [1.29, 1.82) is 0 Å². The van der Waals surface area contributed by atoms with Gasteiger partial charge in [0.15, 0.2) is 0 Å². The Morgan fingerprint density at radius 1 is 1.10 bits per heavy atom. The third kappa shape index (κ3) is 5.19. The van der Waals surface area contributed by atoms with Crippen molar-refractivity contribution in [3.8, 4) is 0 Å². The van der Waals surface area contributed by atoms with E-state index in [1.807, 2.05) is 18.2 Å². The van der Waals surface area contributed by atoms with Crippen LogP contribution in [0.15, 0.2) is 42.0 Å². The van der Waals surface area contributed by atoms with E-state index in [1.54, 1.807) is 0 Å². The third-order valence-electron chi connectivity index (χ3n) is 8.30. The van der Waals surface area contributed by atoms with E-state index in [0.29, 0.717) is 18.8 Å². The number of fused-ring (bicyclic) bond motifs is 1. The molecule has 0 amide bonds. The SMILES string of the molecule is CC1=CC[C@H]2C(C)(C)CCC[C@]2(C)[C@H]1CC(CCCCc1ccccc1)S(=O)(=O)O. The van der Waals surface area contributed by atoms with Crippen molar-refractivity contribution in [2.24, 2.45) is 22.7 Å². The predicted molar refractivity (Wildman–Crippen MR) is 125 cm³/mol. The second-order valence-corrected chi connectivity index (χ2v) is 12.4. The minimum Gasteiger partial charge on any atom is -0.285 e. The van der Waals surface area contributed by atoms with Crippen LogP contribution in [0.1, 0.15) is 84.6 Å². The lowest BCUT2D eigenvalue weighted by Gasteiger charge is -2.57. The highest BCUT2D eigenvalue weighted by Gasteiger charge is 2.52. The Kier molecular flexibility index (Phi) is 7.18. The van der Waals surface area contributed by atoms with E-state index in [4.69, 9.17) is 0 Å². The van der Waals surface area contributed by atoms with E-state index < -0.39 is 15.4 Å². The lowest BCUT2D eigenvalue weighted by molar-refractivity contribution is -0.0395. The maximum Gasteiger partial charge on any atom is 0.267 e. The van der Waals surface area contributed by atoms with Gasteiger partial charge in [0.25, 0.3) is 10.1 Å². The Morgan fingerprint density at radius 3 is 2.47 bits per heavy atom. The van der Waals surface area contributed by atoms with Gasteiger partial charge in [0.1, 0.15) is 0 Å². The molecule has 0 aliphatic heterocycles. The van der Waals surface area contributed by atoms with E-state index in [9.17, 15) is 13.0 Å². The molecular weight excluding hydrogens is 392 g/mol. The first kappa shape index (κ1) is 23.5. The third-order valence-corrected chi connectivity index (χ3v) is 9.57. The molecule has 0 spiro atoms. The second kappa shape index (κ2) is 9.16. The number of benzene rings is 1. The fourth-order valence-corrected chi connectivity index (χ4v) is 7.49. The summed E-state index contributed by atoms with van der Waals surface area (Å²) in [5.41, 5.74) is 3.01. The lowest BCUT2D eigenvalue weighted by Crippen LogP contribution is -2.49. The molecule has 1 fully saturated rings.